The molecule has 1 aromatic heterocycles. The number of hydrogen-bond donors (Lipinski definition) is 1. The Morgan fingerprint density at radius 3 is 2.56 bits per heavy atom. The number of rotatable bonds is 6. The van der Waals surface area contributed by atoms with Crippen LogP contribution >= 0.6 is 11.3 Å². The van der Waals surface area contributed by atoms with Crippen molar-refractivity contribution in [1.29, 1.82) is 0 Å². The van der Waals surface area contributed by atoms with E-state index in [0.29, 0.717) is 0 Å². The van der Waals surface area contributed by atoms with Gasteiger partial charge in [0.1, 0.15) is 0 Å². The first-order valence-corrected chi connectivity index (χ1v) is 7.14. The van der Waals surface area contributed by atoms with E-state index in [-0.39, 0.29) is 0 Å². The lowest BCUT2D eigenvalue weighted by Gasteiger charge is -2.19. The normalized spacial score (nSPS) is 10.6. The summed E-state index contributed by atoms with van der Waals surface area (Å²) in [4.78, 5) is 3.76. The van der Waals surface area contributed by atoms with Gasteiger partial charge in [-0.3, -0.25) is 0 Å². The lowest BCUT2D eigenvalue weighted by atomic mass is 10.2. The predicted octanol–water partition coefficient (Wildman–Crippen LogP) is 3.15. The van der Waals surface area contributed by atoms with E-state index in [2.05, 4.69) is 59.0 Å². The number of anilines is 1. The zero-order valence-electron chi connectivity index (χ0n) is 11.0. The van der Waals surface area contributed by atoms with Crippen molar-refractivity contribution in [3.05, 3.63) is 52.2 Å². The summed E-state index contributed by atoms with van der Waals surface area (Å²) >= 11 is 1.83. The Bertz CT molecular complexity index is 448. The van der Waals surface area contributed by atoms with Gasteiger partial charge in [-0.05, 0) is 42.6 Å². The van der Waals surface area contributed by atoms with E-state index in [0.717, 1.165) is 19.5 Å². The first kappa shape index (κ1) is 13.1. The highest BCUT2D eigenvalue weighted by Gasteiger charge is 2.02. The van der Waals surface area contributed by atoms with Crippen molar-refractivity contribution in [2.75, 3.05) is 25.5 Å². The van der Waals surface area contributed by atoms with Crippen LogP contribution in [0.15, 0.2) is 41.8 Å². The van der Waals surface area contributed by atoms with Gasteiger partial charge in [-0.25, -0.2) is 0 Å². The van der Waals surface area contributed by atoms with Crippen molar-refractivity contribution in [2.24, 2.45) is 0 Å². The molecule has 0 aliphatic rings. The Balaban J connectivity index is 1.89. The number of hydrogen-bond acceptors (Lipinski definition) is 3. The Morgan fingerprint density at radius 1 is 1.17 bits per heavy atom. The van der Waals surface area contributed by atoms with Gasteiger partial charge >= 0.3 is 0 Å². The smallest absolute Gasteiger partial charge is 0.0363 e. The van der Waals surface area contributed by atoms with E-state index < -0.39 is 0 Å². The molecule has 1 N–H and O–H groups in total. The first-order chi connectivity index (χ1) is 8.79. The molecule has 1 aromatic carbocycles. The van der Waals surface area contributed by atoms with Crippen LogP contribution < -0.4 is 10.2 Å². The molecular weight excluding hydrogens is 240 g/mol. The highest BCUT2D eigenvalue weighted by Crippen LogP contribution is 2.16. The average molecular weight is 260 g/mol. The molecule has 1 heterocycles. The van der Waals surface area contributed by atoms with Gasteiger partial charge in [0, 0.05) is 30.7 Å². The summed E-state index contributed by atoms with van der Waals surface area (Å²) in [7, 11) is 4.13. The minimum atomic E-state index is 0.930. The second-order valence-electron chi connectivity index (χ2n) is 4.45. The Morgan fingerprint density at radius 2 is 1.94 bits per heavy atom. The monoisotopic (exact) mass is 260 g/mol. The standard InChI is InChI=1S/C15H20N2S/c1-16-12-13-5-7-14(8-6-13)17(2)10-9-15-4-3-11-18-15/h3-8,11,16H,9-10,12H2,1-2H3. The van der Waals surface area contributed by atoms with E-state index in [4.69, 9.17) is 0 Å². The molecular formula is C15H20N2S. The van der Waals surface area contributed by atoms with Crippen molar-refractivity contribution in [3.8, 4) is 0 Å². The lowest BCUT2D eigenvalue weighted by Crippen LogP contribution is -2.19. The van der Waals surface area contributed by atoms with E-state index in [1.54, 1.807) is 0 Å². The second-order valence-corrected chi connectivity index (χ2v) is 5.48. The van der Waals surface area contributed by atoms with Crippen LogP contribution in [0.2, 0.25) is 0 Å². The summed E-state index contributed by atoms with van der Waals surface area (Å²) < 4.78 is 0. The fraction of sp³-hybridized carbons (Fsp3) is 0.333. The summed E-state index contributed by atoms with van der Waals surface area (Å²) in [6.45, 7) is 1.99. The third kappa shape index (κ3) is 3.59. The van der Waals surface area contributed by atoms with E-state index in [9.17, 15) is 0 Å². The molecule has 2 nitrogen and oxygen atoms in total. The molecule has 0 amide bonds. The summed E-state index contributed by atoms with van der Waals surface area (Å²) in [5, 5.41) is 5.30. The van der Waals surface area contributed by atoms with Crippen molar-refractivity contribution in [3.63, 3.8) is 0 Å². The van der Waals surface area contributed by atoms with Gasteiger partial charge in [0.15, 0.2) is 0 Å². The molecule has 0 saturated carbocycles. The zero-order chi connectivity index (χ0) is 12.8. The van der Waals surface area contributed by atoms with Crippen LogP contribution in [0.3, 0.4) is 0 Å². The highest BCUT2D eigenvalue weighted by atomic mass is 32.1. The molecule has 18 heavy (non-hydrogen) atoms. The molecule has 0 atom stereocenters. The average Bonchev–Trinajstić information content (AvgIpc) is 2.90. The van der Waals surface area contributed by atoms with Gasteiger partial charge in [0.05, 0.1) is 0 Å². The summed E-state index contributed by atoms with van der Waals surface area (Å²) in [5.41, 5.74) is 2.61. The molecule has 0 radical (unpaired) electrons. The fourth-order valence-corrected chi connectivity index (χ4v) is 2.63. The number of nitrogens with one attached hydrogen (secondary N) is 1. The Kier molecular flexibility index (Phi) is 4.79. The summed E-state index contributed by atoms with van der Waals surface area (Å²) in [5.74, 6) is 0. The topological polar surface area (TPSA) is 15.3 Å². The maximum atomic E-state index is 3.16. The van der Waals surface area contributed by atoms with Crippen molar-refractivity contribution in [1.82, 2.24) is 5.32 Å². The molecule has 3 heteroatoms. The van der Waals surface area contributed by atoms with Gasteiger partial charge in [0.2, 0.25) is 0 Å². The number of likely N-dealkylation sites (N-methyl/N-ethyl adjacent to an activating group) is 1. The van der Waals surface area contributed by atoms with Crippen LogP contribution in [-0.2, 0) is 13.0 Å². The van der Waals surface area contributed by atoms with Crippen molar-refractivity contribution >= 4 is 17.0 Å². The number of benzene rings is 1. The second kappa shape index (κ2) is 6.57. The quantitative estimate of drug-likeness (QED) is 0.858. The van der Waals surface area contributed by atoms with Gasteiger partial charge in [-0.15, -0.1) is 11.3 Å². The van der Waals surface area contributed by atoms with Crippen LogP contribution in [0.25, 0.3) is 0 Å². The molecule has 2 rings (SSSR count). The molecule has 0 saturated heterocycles. The molecule has 0 fully saturated rings. The SMILES string of the molecule is CNCc1ccc(N(C)CCc2cccs2)cc1. The third-order valence-electron chi connectivity index (χ3n) is 3.03. The van der Waals surface area contributed by atoms with Gasteiger partial charge in [-0.1, -0.05) is 18.2 Å². The van der Waals surface area contributed by atoms with Crippen molar-refractivity contribution in [2.45, 2.75) is 13.0 Å². The summed E-state index contributed by atoms with van der Waals surface area (Å²) in [6, 6.07) is 13.1. The molecule has 0 spiro atoms. The lowest BCUT2D eigenvalue weighted by molar-refractivity contribution is 0.817. The van der Waals surface area contributed by atoms with E-state index in [1.165, 1.54) is 16.1 Å². The van der Waals surface area contributed by atoms with Gasteiger partial charge in [0.25, 0.3) is 0 Å². The van der Waals surface area contributed by atoms with Crippen LogP contribution in [0, 0.1) is 0 Å². The number of nitrogens with zero attached hydrogens (tertiary/aromatic N) is 1. The highest BCUT2D eigenvalue weighted by molar-refractivity contribution is 7.09. The fourth-order valence-electron chi connectivity index (χ4n) is 1.93. The van der Waals surface area contributed by atoms with Crippen LogP contribution in [0.1, 0.15) is 10.4 Å². The molecule has 0 bridgehead atoms. The maximum Gasteiger partial charge on any atom is 0.0363 e. The van der Waals surface area contributed by atoms with Crippen LogP contribution in [0.5, 0.6) is 0 Å². The molecule has 0 aliphatic heterocycles. The van der Waals surface area contributed by atoms with Crippen LogP contribution in [-0.4, -0.2) is 20.6 Å². The zero-order valence-corrected chi connectivity index (χ0v) is 11.8. The summed E-state index contributed by atoms with van der Waals surface area (Å²) in [6.07, 6.45) is 1.12. The third-order valence-corrected chi connectivity index (χ3v) is 3.97. The predicted molar refractivity (Wildman–Crippen MR) is 80.5 cm³/mol. The van der Waals surface area contributed by atoms with Crippen molar-refractivity contribution < 1.29 is 0 Å². The Hall–Kier alpha value is -1.32. The van der Waals surface area contributed by atoms with Gasteiger partial charge < -0.3 is 10.2 Å². The molecule has 0 unspecified atom stereocenters. The minimum Gasteiger partial charge on any atom is -0.374 e. The number of thiophene rings is 1. The minimum absolute atomic E-state index is 0.930. The van der Waals surface area contributed by atoms with E-state index >= 15 is 0 Å². The maximum absolute atomic E-state index is 3.16. The molecule has 2 aromatic rings. The largest absolute Gasteiger partial charge is 0.374 e. The van der Waals surface area contributed by atoms with E-state index in [1.807, 2.05) is 18.4 Å². The molecule has 96 valence electrons. The van der Waals surface area contributed by atoms with Crippen LogP contribution in [0.4, 0.5) is 5.69 Å². The molecule has 0 aliphatic carbocycles. The van der Waals surface area contributed by atoms with Gasteiger partial charge in [-0.2, -0.15) is 0 Å². The first-order valence-electron chi connectivity index (χ1n) is 6.26. The Labute approximate surface area is 113 Å².